The Morgan fingerprint density at radius 1 is 1.19 bits per heavy atom. The molecule has 0 atom stereocenters. The highest BCUT2D eigenvalue weighted by Crippen LogP contribution is 2.22. The lowest BCUT2D eigenvalue weighted by atomic mass is 10.2. The number of aromatic hydroxyl groups is 2. The third-order valence-corrected chi connectivity index (χ3v) is 3.29. The number of hydrogen-bond donors (Lipinski definition) is 3. The molecule has 0 aliphatic heterocycles. The van der Waals surface area contributed by atoms with Gasteiger partial charge < -0.3 is 10.2 Å². The third-order valence-electron chi connectivity index (χ3n) is 2.56. The molecule has 1 amide bonds. The lowest BCUT2D eigenvalue weighted by molar-refractivity contribution is 0.0952. The van der Waals surface area contributed by atoms with Crippen LogP contribution in [0.4, 0.5) is 0 Å². The summed E-state index contributed by atoms with van der Waals surface area (Å²) in [6.45, 7) is 0. The number of amides is 1. The van der Waals surface area contributed by atoms with Gasteiger partial charge in [-0.3, -0.25) is 4.79 Å². The molecule has 5 nitrogen and oxygen atoms in total. The summed E-state index contributed by atoms with van der Waals surface area (Å²) in [6, 6.07) is 8.93. The number of rotatable bonds is 3. The topological polar surface area (TPSA) is 81.9 Å². The molecule has 0 aliphatic carbocycles. The first kappa shape index (κ1) is 15.3. The molecule has 0 saturated heterocycles. The van der Waals surface area contributed by atoms with Crippen molar-refractivity contribution in [2.45, 2.75) is 0 Å². The highest BCUT2D eigenvalue weighted by atomic mass is 79.9. The molecule has 0 aromatic heterocycles. The Bertz CT molecular complexity index is 719. The van der Waals surface area contributed by atoms with E-state index in [-0.39, 0.29) is 17.1 Å². The van der Waals surface area contributed by atoms with Crippen molar-refractivity contribution >= 4 is 39.7 Å². The van der Waals surface area contributed by atoms with Gasteiger partial charge in [-0.1, -0.05) is 27.5 Å². The third kappa shape index (κ3) is 3.96. The number of carbonyl (C=O) groups excluding carboxylic acids is 1. The molecule has 0 fully saturated rings. The van der Waals surface area contributed by atoms with Crippen LogP contribution in [-0.2, 0) is 0 Å². The van der Waals surface area contributed by atoms with Crippen molar-refractivity contribution < 1.29 is 15.0 Å². The Hall–Kier alpha value is -2.05. The van der Waals surface area contributed by atoms with Gasteiger partial charge in [-0.15, -0.1) is 0 Å². The molecule has 21 heavy (non-hydrogen) atoms. The Labute approximate surface area is 134 Å². The van der Waals surface area contributed by atoms with Crippen LogP contribution in [0.15, 0.2) is 46.0 Å². The Morgan fingerprint density at radius 3 is 2.67 bits per heavy atom. The molecule has 2 rings (SSSR count). The van der Waals surface area contributed by atoms with Crippen LogP contribution < -0.4 is 5.43 Å². The molecular formula is C14H10BrClN2O3. The number of hydrogen-bond acceptors (Lipinski definition) is 4. The number of benzene rings is 2. The van der Waals surface area contributed by atoms with E-state index in [2.05, 4.69) is 26.5 Å². The summed E-state index contributed by atoms with van der Waals surface area (Å²) < 4.78 is 0.764. The highest BCUT2D eigenvalue weighted by Gasteiger charge is 2.10. The standard InChI is InChI=1S/C14H10BrClN2O3/c15-9-1-3-12(19)8(5-9)7-17-18-14(21)11-6-10(16)2-4-13(11)20/h1-7,19-20H,(H,18,21)/b17-7+. The maximum atomic E-state index is 11.8. The van der Waals surface area contributed by atoms with Crippen molar-refractivity contribution in [2.24, 2.45) is 5.10 Å². The molecule has 0 saturated carbocycles. The van der Waals surface area contributed by atoms with Crippen molar-refractivity contribution in [3.05, 3.63) is 57.0 Å². The van der Waals surface area contributed by atoms with Crippen LogP contribution in [0, 0.1) is 0 Å². The first-order valence-corrected chi connectivity index (χ1v) is 6.95. The summed E-state index contributed by atoms with van der Waals surface area (Å²) in [6.07, 6.45) is 1.29. The number of phenols is 2. The summed E-state index contributed by atoms with van der Waals surface area (Å²) in [7, 11) is 0. The molecule has 0 bridgehead atoms. The van der Waals surface area contributed by atoms with Crippen LogP contribution in [0.25, 0.3) is 0 Å². The van der Waals surface area contributed by atoms with Crippen LogP contribution >= 0.6 is 27.5 Å². The van der Waals surface area contributed by atoms with Gasteiger partial charge in [0.05, 0.1) is 11.8 Å². The maximum Gasteiger partial charge on any atom is 0.275 e. The van der Waals surface area contributed by atoms with Gasteiger partial charge in [0.15, 0.2) is 0 Å². The number of carbonyl (C=O) groups is 1. The molecule has 0 spiro atoms. The zero-order chi connectivity index (χ0) is 15.4. The number of hydrazone groups is 1. The maximum absolute atomic E-state index is 11.8. The minimum atomic E-state index is -0.610. The summed E-state index contributed by atoms with van der Waals surface area (Å²) >= 11 is 9.02. The summed E-state index contributed by atoms with van der Waals surface area (Å²) in [4.78, 5) is 11.8. The van der Waals surface area contributed by atoms with Crippen molar-refractivity contribution in [1.82, 2.24) is 5.43 Å². The van der Waals surface area contributed by atoms with Crippen LogP contribution in [0.2, 0.25) is 5.02 Å². The monoisotopic (exact) mass is 368 g/mol. The van der Waals surface area contributed by atoms with Crippen molar-refractivity contribution in [3.8, 4) is 11.5 Å². The van der Waals surface area contributed by atoms with Gasteiger partial charge in [-0.25, -0.2) is 5.43 Å². The highest BCUT2D eigenvalue weighted by molar-refractivity contribution is 9.10. The second kappa shape index (κ2) is 6.60. The van der Waals surface area contributed by atoms with Crippen LogP contribution in [0.1, 0.15) is 15.9 Å². The largest absolute Gasteiger partial charge is 0.507 e. The Kier molecular flexibility index (Phi) is 4.82. The SMILES string of the molecule is O=C(N/N=C/c1cc(Br)ccc1O)c1cc(Cl)ccc1O. The Morgan fingerprint density at radius 2 is 1.90 bits per heavy atom. The average Bonchev–Trinajstić information content (AvgIpc) is 2.45. The molecule has 0 unspecified atom stereocenters. The second-order valence-electron chi connectivity index (χ2n) is 4.06. The molecule has 0 aliphatic rings. The lowest BCUT2D eigenvalue weighted by Crippen LogP contribution is -2.17. The predicted molar refractivity (Wildman–Crippen MR) is 84.0 cm³/mol. The quantitative estimate of drug-likeness (QED) is 0.573. The minimum absolute atomic E-state index is 0.0121. The minimum Gasteiger partial charge on any atom is -0.507 e. The molecule has 0 radical (unpaired) electrons. The van der Waals surface area contributed by atoms with E-state index in [1.54, 1.807) is 12.1 Å². The van der Waals surface area contributed by atoms with Gasteiger partial charge in [0, 0.05) is 15.1 Å². The van der Waals surface area contributed by atoms with E-state index in [0.717, 1.165) is 4.47 Å². The van der Waals surface area contributed by atoms with Gasteiger partial charge in [0.25, 0.3) is 5.91 Å². The van der Waals surface area contributed by atoms with Crippen LogP contribution in [0.3, 0.4) is 0 Å². The van der Waals surface area contributed by atoms with Crippen molar-refractivity contribution in [1.29, 1.82) is 0 Å². The molecule has 2 aromatic rings. The van der Waals surface area contributed by atoms with E-state index < -0.39 is 5.91 Å². The van der Waals surface area contributed by atoms with E-state index in [9.17, 15) is 15.0 Å². The zero-order valence-electron chi connectivity index (χ0n) is 10.5. The lowest BCUT2D eigenvalue weighted by Gasteiger charge is -2.03. The van der Waals surface area contributed by atoms with E-state index in [1.807, 2.05) is 0 Å². The van der Waals surface area contributed by atoms with Gasteiger partial charge in [-0.05, 0) is 36.4 Å². The molecule has 2 aromatic carbocycles. The molecule has 3 N–H and O–H groups in total. The van der Waals surface area contributed by atoms with Gasteiger partial charge >= 0.3 is 0 Å². The fraction of sp³-hybridized carbons (Fsp3) is 0. The number of halogens is 2. The fourth-order valence-electron chi connectivity index (χ4n) is 1.54. The number of phenolic OH excluding ortho intramolecular Hbond substituents is 2. The summed E-state index contributed by atoms with van der Waals surface area (Å²) in [5, 5.41) is 23.3. The van der Waals surface area contributed by atoms with Crippen molar-refractivity contribution in [2.75, 3.05) is 0 Å². The fourth-order valence-corrected chi connectivity index (χ4v) is 2.09. The van der Waals surface area contributed by atoms with E-state index >= 15 is 0 Å². The first-order valence-electron chi connectivity index (χ1n) is 5.78. The van der Waals surface area contributed by atoms with Gasteiger partial charge in [0.1, 0.15) is 11.5 Å². The average molecular weight is 370 g/mol. The molecule has 108 valence electrons. The first-order chi connectivity index (χ1) is 9.97. The van der Waals surface area contributed by atoms with Gasteiger partial charge in [0.2, 0.25) is 0 Å². The van der Waals surface area contributed by atoms with Gasteiger partial charge in [-0.2, -0.15) is 5.10 Å². The number of nitrogens with one attached hydrogen (secondary N) is 1. The predicted octanol–water partition coefficient (Wildman–Crippen LogP) is 3.28. The molecule has 0 heterocycles. The smallest absolute Gasteiger partial charge is 0.275 e. The normalized spacial score (nSPS) is 10.8. The second-order valence-corrected chi connectivity index (χ2v) is 5.42. The number of nitrogens with zero attached hydrogens (tertiary/aromatic N) is 1. The van der Waals surface area contributed by atoms with E-state index in [0.29, 0.717) is 10.6 Å². The van der Waals surface area contributed by atoms with Crippen LogP contribution in [-0.4, -0.2) is 22.3 Å². The molecule has 7 heteroatoms. The summed E-state index contributed by atoms with van der Waals surface area (Å²) in [5.74, 6) is -0.778. The molecular weight excluding hydrogens is 360 g/mol. The Balaban J connectivity index is 2.12. The summed E-state index contributed by atoms with van der Waals surface area (Å²) in [5.41, 5.74) is 2.69. The zero-order valence-corrected chi connectivity index (χ0v) is 12.9. The van der Waals surface area contributed by atoms with Crippen LogP contribution in [0.5, 0.6) is 11.5 Å². The van der Waals surface area contributed by atoms with Crippen molar-refractivity contribution in [3.63, 3.8) is 0 Å². The van der Waals surface area contributed by atoms with E-state index in [4.69, 9.17) is 11.6 Å². The van der Waals surface area contributed by atoms with E-state index in [1.165, 1.54) is 30.5 Å².